The summed E-state index contributed by atoms with van der Waals surface area (Å²) in [7, 11) is 0. The lowest BCUT2D eigenvalue weighted by atomic mass is 10.2. The van der Waals surface area contributed by atoms with Crippen LogP contribution in [0.5, 0.6) is 0 Å². The largest absolute Gasteiger partial charge is 0.409 e. The fourth-order valence-electron chi connectivity index (χ4n) is 1.49. The number of halogens is 2. The third-order valence-corrected chi connectivity index (χ3v) is 3.75. The first-order chi connectivity index (χ1) is 9.54. The Labute approximate surface area is 126 Å². The Morgan fingerprint density at radius 2 is 2.25 bits per heavy atom. The van der Waals surface area contributed by atoms with Crippen molar-refractivity contribution in [1.82, 2.24) is 10.2 Å². The lowest BCUT2D eigenvalue weighted by molar-refractivity contribution is 0.102. The number of amidine groups is 1. The summed E-state index contributed by atoms with van der Waals surface area (Å²) in [6, 6.07) is 4.97. The Hall–Kier alpha value is -2.06. The van der Waals surface area contributed by atoms with E-state index in [-0.39, 0.29) is 27.8 Å². The number of aromatic nitrogens is 2. The molecule has 1 heterocycles. The zero-order chi connectivity index (χ0) is 14.7. The SMILES string of the molecule is N/C(=N/O)c1cn[nH]c1NC(=O)c1cccc(Br)c1Cl. The van der Waals surface area contributed by atoms with Gasteiger partial charge in [-0.05, 0) is 28.1 Å². The highest BCUT2D eigenvalue weighted by Gasteiger charge is 2.16. The van der Waals surface area contributed by atoms with Crippen LogP contribution in [0.2, 0.25) is 5.02 Å². The van der Waals surface area contributed by atoms with E-state index in [2.05, 4.69) is 36.6 Å². The van der Waals surface area contributed by atoms with E-state index >= 15 is 0 Å². The first-order valence-corrected chi connectivity index (χ1v) is 6.48. The highest BCUT2D eigenvalue weighted by Crippen LogP contribution is 2.26. The lowest BCUT2D eigenvalue weighted by Gasteiger charge is -2.07. The molecule has 0 saturated carbocycles. The summed E-state index contributed by atoms with van der Waals surface area (Å²) in [6.07, 6.45) is 1.33. The van der Waals surface area contributed by atoms with Gasteiger partial charge in [0.05, 0.1) is 22.3 Å². The molecule has 9 heteroatoms. The number of oxime groups is 1. The van der Waals surface area contributed by atoms with Crippen molar-refractivity contribution in [3.05, 3.63) is 45.0 Å². The minimum absolute atomic E-state index is 0.172. The van der Waals surface area contributed by atoms with Crippen molar-refractivity contribution in [2.75, 3.05) is 5.32 Å². The molecule has 0 unspecified atom stereocenters. The third-order valence-electron chi connectivity index (χ3n) is 2.46. The Kier molecular flexibility index (Phi) is 4.26. The molecule has 0 aliphatic rings. The molecule has 2 aromatic rings. The molecule has 0 saturated heterocycles. The van der Waals surface area contributed by atoms with Gasteiger partial charge in [0, 0.05) is 4.47 Å². The Balaban J connectivity index is 2.29. The third kappa shape index (κ3) is 2.75. The number of nitrogens with two attached hydrogens (primary N) is 1. The van der Waals surface area contributed by atoms with Crippen molar-refractivity contribution >= 4 is 45.1 Å². The quantitative estimate of drug-likeness (QED) is 0.291. The maximum Gasteiger partial charge on any atom is 0.258 e. The molecule has 7 nitrogen and oxygen atoms in total. The highest BCUT2D eigenvalue weighted by molar-refractivity contribution is 9.10. The molecule has 20 heavy (non-hydrogen) atoms. The molecule has 0 spiro atoms. The predicted molar refractivity (Wildman–Crippen MR) is 78.2 cm³/mol. The Morgan fingerprint density at radius 3 is 2.95 bits per heavy atom. The van der Waals surface area contributed by atoms with Crippen molar-refractivity contribution in [3.63, 3.8) is 0 Å². The molecule has 0 atom stereocenters. The van der Waals surface area contributed by atoms with E-state index in [0.29, 0.717) is 4.47 Å². The van der Waals surface area contributed by atoms with Crippen LogP contribution in [0.25, 0.3) is 0 Å². The fourth-order valence-corrected chi connectivity index (χ4v) is 2.07. The second-order valence-corrected chi connectivity index (χ2v) is 4.93. The molecule has 1 aromatic heterocycles. The number of benzene rings is 1. The van der Waals surface area contributed by atoms with E-state index < -0.39 is 5.91 Å². The molecular formula is C11H9BrClN5O2. The highest BCUT2D eigenvalue weighted by atomic mass is 79.9. The van der Waals surface area contributed by atoms with Crippen molar-refractivity contribution in [3.8, 4) is 0 Å². The van der Waals surface area contributed by atoms with Crippen molar-refractivity contribution < 1.29 is 10.0 Å². The van der Waals surface area contributed by atoms with Crippen LogP contribution in [0.3, 0.4) is 0 Å². The number of nitrogens with zero attached hydrogens (tertiary/aromatic N) is 2. The fraction of sp³-hybridized carbons (Fsp3) is 0. The molecule has 104 valence electrons. The monoisotopic (exact) mass is 357 g/mol. The smallest absolute Gasteiger partial charge is 0.258 e. The number of carbonyl (C=O) groups excluding carboxylic acids is 1. The van der Waals surface area contributed by atoms with Gasteiger partial charge in [-0.1, -0.05) is 22.8 Å². The number of anilines is 1. The van der Waals surface area contributed by atoms with E-state index in [4.69, 9.17) is 22.5 Å². The molecule has 2 rings (SSSR count). The van der Waals surface area contributed by atoms with Crippen LogP contribution in [0.15, 0.2) is 34.0 Å². The first-order valence-electron chi connectivity index (χ1n) is 5.31. The standard InChI is InChI=1S/C11H9BrClN5O2/c12-7-3-1-2-5(8(7)13)11(19)16-10-6(4-15-17-10)9(14)18-20/h1-4,20H,(H2,14,18)(H2,15,16,17,19). The van der Waals surface area contributed by atoms with Crippen LogP contribution in [-0.2, 0) is 0 Å². The second kappa shape index (κ2) is 5.93. The summed E-state index contributed by atoms with van der Waals surface area (Å²) < 4.78 is 0.605. The zero-order valence-corrected chi connectivity index (χ0v) is 12.2. The lowest BCUT2D eigenvalue weighted by Crippen LogP contribution is -2.18. The number of hydrogen-bond acceptors (Lipinski definition) is 4. The van der Waals surface area contributed by atoms with E-state index in [1.165, 1.54) is 6.20 Å². The normalized spacial score (nSPS) is 11.4. The van der Waals surface area contributed by atoms with E-state index in [9.17, 15) is 4.79 Å². The van der Waals surface area contributed by atoms with Gasteiger partial charge in [0.1, 0.15) is 5.82 Å². The van der Waals surface area contributed by atoms with Gasteiger partial charge in [0.15, 0.2) is 5.84 Å². The average Bonchev–Trinajstić information content (AvgIpc) is 2.89. The summed E-state index contributed by atoms with van der Waals surface area (Å²) in [6.45, 7) is 0. The van der Waals surface area contributed by atoms with Crippen molar-refractivity contribution in [2.45, 2.75) is 0 Å². The maximum atomic E-state index is 12.1. The molecule has 0 aliphatic carbocycles. The molecule has 0 bridgehead atoms. The van der Waals surface area contributed by atoms with Crippen molar-refractivity contribution in [1.29, 1.82) is 0 Å². The van der Waals surface area contributed by atoms with Gasteiger partial charge >= 0.3 is 0 Å². The Bertz CT molecular complexity index is 685. The maximum absolute atomic E-state index is 12.1. The molecule has 5 N–H and O–H groups in total. The van der Waals surface area contributed by atoms with Gasteiger partial charge in [0.2, 0.25) is 0 Å². The minimum atomic E-state index is -0.451. The van der Waals surface area contributed by atoms with E-state index in [1.54, 1.807) is 18.2 Å². The molecule has 0 fully saturated rings. The zero-order valence-electron chi connectivity index (χ0n) is 9.89. The van der Waals surface area contributed by atoms with E-state index in [0.717, 1.165) is 0 Å². The predicted octanol–water partition coefficient (Wildman–Crippen LogP) is 2.17. The Morgan fingerprint density at radius 1 is 1.50 bits per heavy atom. The number of amides is 1. The number of H-pyrrole nitrogens is 1. The number of aromatic amines is 1. The first kappa shape index (κ1) is 14.4. The van der Waals surface area contributed by atoms with Crippen molar-refractivity contribution in [2.24, 2.45) is 10.9 Å². The summed E-state index contributed by atoms with van der Waals surface area (Å²) in [5, 5.41) is 20.6. The van der Waals surface area contributed by atoms with Gasteiger partial charge in [0.25, 0.3) is 5.91 Å². The summed E-state index contributed by atoms with van der Waals surface area (Å²) in [5.41, 5.74) is 6.01. The van der Waals surface area contributed by atoms with Gasteiger partial charge in [-0.25, -0.2) is 0 Å². The average molecular weight is 359 g/mol. The molecular weight excluding hydrogens is 350 g/mol. The van der Waals surface area contributed by atoms with Crippen LogP contribution in [-0.4, -0.2) is 27.1 Å². The van der Waals surface area contributed by atoms with Crippen LogP contribution in [0.1, 0.15) is 15.9 Å². The van der Waals surface area contributed by atoms with Gasteiger partial charge in [-0.3, -0.25) is 9.89 Å². The van der Waals surface area contributed by atoms with Crippen LogP contribution in [0.4, 0.5) is 5.82 Å². The number of rotatable bonds is 3. The summed E-state index contributed by atoms with van der Waals surface area (Å²) >= 11 is 9.27. The van der Waals surface area contributed by atoms with Crippen LogP contribution < -0.4 is 11.1 Å². The number of carbonyl (C=O) groups is 1. The molecule has 0 radical (unpaired) electrons. The van der Waals surface area contributed by atoms with Gasteiger partial charge < -0.3 is 16.3 Å². The van der Waals surface area contributed by atoms with Gasteiger partial charge in [-0.15, -0.1) is 0 Å². The van der Waals surface area contributed by atoms with Gasteiger partial charge in [-0.2, -0.15) is 5.10 Å². The van der Waals surface area contributed by atoms with E-state index in [1.807, 2.05) is 0 Å². The number of hydrogen-bond donors (Lipinski definition) is 4. The summed E-state index contributed by atoms with van der Waals surface area (Å²) in [5.74, 6) is -0.414. The van der Waals surface area contributed by atoms with Crippen LogP contribution >= 0.6 is 27.5 Å². The molecule has 1 aromatic carbocycles. The van der Waals surface area contributed by atoms with Crippen LogP contribution in [0, 0.1) is 0 Å². The molecule has 1 amide bonds. The second-order valence-electron chi connectivity index (χ2n) is 3.70. The minimum Gasteiger partial charge on any atom is -0.409 e. The topological polar surface area (TPSA) is 116 Å². The molecule has 0 aliphatic heterocycles. The summed E-state index contributed by atoms with van der Waals surface area (Å²) in [4.78, 5) is 12.1. The number of nitrogens with one attached hydrogen (secondary N) is 2.